The Hall–Kier alpha value is -1.27. The fourth-order valence-corrected chi connectivity index (χ4v) is 1.62. The topological polar surface area (TPSA) is 67.6 Å². The number of nitrogens with zero attached hydrogens (tertiary/aromatic N) is 2. The number of aromatic amines is 1. The summed E-state index contributed by atoms with van der Waals surface area (Å²) in [6.07, 6.45) is 0. The van der Waals surface area contributed by atoms with Crippen molar-refractivity contribution in [3.05, 3.63) is 16.3 Å². The Balaban J connectivity index is 2.34. The Labute approximate surface area is 101 Å². The van der Waals surface area contributed by atoms with Crippen molar-refractivity contribution in [1.29, 1.82) is 0 Å². The molecule has 1 N–H and O–H groups in total. The molecule has 0 saturated heterocycles. The zero-order valence-corrected chi connectivity index (χ0v) is 10.7. The van der Waals surface area contributed by atoms with Crippen LogP contribution < -0.4 is 4.68 Å². The van der Waals surface area contributed by atoms with Crippen molar-refractivity contribution in [1.82, 2.24) is 5.10 Å². The van der Waals surface area contributed by atoms with Crippen LogP contribution >= 0.6 is 0 Å². The molecule has 6 heteroatoms. The zero-order chi connectivity index (χ0) is 12.7. The first kappa shape index (κ1) is 13.8. The fraction of sp³-hybridized carbons (Fsp3) is 0.727. The molecule has 0 amide bonds. The maximum atomic E-state index is 10.6. The Morgan fingerprint density at radius 2 is 1.94 bits per heavy atom. The molecule has 0 aliphatic rings. The molecule has 1 rings (SSSR count). The lowest BCUT2D eigenvalue weighted by Crippen LogP contribution is -2.40. The van der Waals surface area contributed by atoms with Gasteiger partial charge >= 0.3 is 0 Å². The van der Waals surface area contributed by atoms with Crippen molar-refractivity contribution in [3.63, 3.8) is 0 Å². The van der Waals surface area contributed by atoms with Gasteiger partial charge in [0.15, 0.2) is 6.54 Å². The molecule has 1 aromatic heterocycles. The van der Waals surface area contributed by atoms with Crippen LogP contribution in [-0.4, -0.2) is 31.5 Å². The van der Waals surface area contributed by atoms with Gasteiger partial charge in [-0.05, 0) is 19.0 Å². The number of hydrogen-bond acceptors (Lipinski definition) is 4. The average molecular weight is 242 g/mol. The summed E-state index contributed by atoms with van der Waals surface area (Å²) in [5, 5.41) is 6.07. The van der Waals surface area contributed by atoms with E-state index in [1.807, 2.05) is 25.5 Å². The minimum absolute atomic E-state index is 0.485. The highest BCUT2D eigenvalue weighted by atomic mass is 16.5. The van der Waals surface area contributed by atoms with Crippen molar-refractivity contribution >= 4 is 5.69 Å². The van der Waals surface area contributed by atoms with Crippen LogP contribution in [0.5, 0.6) is 0 Å². The van der Waals surface area contributed by atoms with E-state index in [0.29, 0.717) is 38.7 Å². The second-order valence-electron chi connectivity index (χ2n) is 3.72. The minimum Gasteiger partial charge on any atom is -0.379 e. The van der Waals surface area contributed by atoms with Gasteiger partial charge in [-0.2, -0.15) is 5.10 Å². The van der Waals surface area contributed by atoms with Crippen LogP contribution in [0.4, 0.5) is 5.69 Å². The van der Waals surface area contributed by atoms with Gasteiger partial charge in [0, 0.05) is 13.5 Å². The molecule has 96 valence electrons. The standard InChI is InChI=1S/C11H19N3O3/c1-4-16-7-8-17-6-5-14-10(3)11(13-15)9(2)12-14/h4-8H2,1-3H3/p+1. The molecule has 0 bridgehead atoms. The van der Waals surface area contributed by atoms with Gasteiger partial charge in [-0.1, -0.05) is 0 Å². The quantitative estimate of drug-likeness (QED) is 0.425. The van der Waals surface area contributed by atoms with Gasteiger partial charge in [0.05, 0.1) is 13.2 Å². The molecule has 6 nitrogen and oxygen atoms in total. The van der Waals surface area contributed by atoms with Gasteiger partial charge in [0.2, 0.25) is 11.4 Å². The lowest BCUT2D eigenvalue weighted by molar-refractivity contribution is -0.756. The van der Waals surface area contributed by atoms with Crippen LogP contribution in [0, 0.1) is 18.8 Å². The van der Waals surface area contributed by atoms with Crippen molar-refractivity contribution in [2.75, 3.05) is 26.4 Å². The summed E-state index contributed by atoms with van der Waals surface area (Å²) in [5.41, 5.74) is 2.11. The van der Waals surface area contributed by atoms with E-state index in [0.717, 1.165) is 11.4 Å². The van der Waals surface area contributed by atoms with Gasteiger partial charge in [-0.3, -0.25) is 0 Å². The maximum Gasteiger partial charge on any atom is 0.234 e. The largest absolute Gasteiger partial charge is 0.379 e. The summed E-state index contributed by atoms with van der Waals surface area (Å²) in [4.78, 5) is 10.6. The van der Waals surface area contributed by atoms with E-state index >= 15 is 0 Å². The van der Waals surface area contributed by atoms with E-state index in [4.69, 9.17) is 9.47 Å². The molecule has 1 heterocycles. The summed E-state index contributed by atoms with van der Waals surface area (Å²) in [7, 11) is 0. The van der Waals surface area contributed by atoms with E-state index in [9.17, 15) is 4.91 Å². The molecule has 0 unspecified atom stereocenters. The number of H-pyrrole nitrogens is 1. The highest BCUT2D eigenvalue weighted by Crippen LogP contribution is 2.17. The number of aromatic nitrogens is 2. The smallest absolute Gasteiger partial charge is 0.234 e. The third-order valence-electron chi connectivity index (χ3n) is 2.53. The molecule has 0 aromatic carbocycles. The van der Waals surface area contributed by atoms with Gasteiger partial charge < -0.3 is 9.47 Å². The third-order valence-corrected chi connectivity index (χ3v) is 2.53. The summed E-state index contributed by atoms with van der Waals surface area (Å²) >= 11 is 0. The lowest BCUT2D eigenvalue weighted by atomic mass is 10.3. The predicted molar refractivity (Wildman–Crippen MR) is 63.2 cm³/mol. The SMILES string of the molecule is CCOCCOCC[n+]1[nH]c(C)c(N=O)c1C. The summed E-state index contributed by atoms with van der Waals surface area (Å²) < 4.78 is 12.4. The molecule has 1 aromatic rings. The van der Waals surface area contributed by atoms with Crippen LogP contribution in [0.1, 0.15) is 18.3 Å². The second kappa shape index (κ2) is 7.13. The Kier molecular flexibility index (Phi) is 5.79. The number of rotatable bonds is 8. The highest BCUT2D eigenvalue weighted by Gasteiger charge is 2.19. The minimum atomic E-state index is 0.485. The number of nitrogens with one attached hydrogen (secondary N) is 1. The van der Waals surface area contributed by atoms with Gasteiger partial charge in [0.25, 0.3) is 0 Å². The number of hydrogen-bond donors (Lipinski definition) is 1. The van der Waals surface area contributed by atoms with Crippen LogP contribution in [0.15, 0.2) is 5.18 Å². The molecular formula is C11H20N3O3+. The molecule has 0 radical (unpaired) electrons. The Morgan fingerprint density at radius 3 is 2.53 bits per heavy atom. The van der Waals surface area contributed by atoms with E-state index in [-0.39, 0.29) is 0 Å². The van der Waals surface area contributed by atoms with Gasteiger partial charge in [0.1, 0.15) is 12.3 Å². The van der Waals surface area contributed by atoms with E-state index in [1.165, 1.54) is 0 Å². The lowest BCUT2D eigenvalue weighted by Gasteiger charge is -2.01. The second-order valence-corrected chi connectivity index (χ2v) is 3.72. The van der Waals surface area contributed by atoms with Crippen LogP contribution in [0.3, 0.4) is 0 Å². The first-order valence-electron chi connectivity index (χ1n) is 5.78. The summed E-state index contributed by atoms with van der Waals surface area (Å²) in [6, 6.07) is 0. The fourth-order valence-electron chi connectivity index (χ4n) is 1.62. The Morgan fingerprint density at radius 1 is 1.24 bits per heavy atom. The molecule has 0 aliphatic heterocycles. The normalized spacial score (nSPS) is 10.8. The van der Waals surface area contributed by atoms with Crippen molar-refractivity contribution in [2.24, 2.45) is 5.18 Å². The molecule has 0 fully saturated rings. The number of aryl methyl sites for hydroxylation is 1. The predicted octanol–water partition coefficient (Wildman–Crippen LogP) is 1.37. The third kappa shape index (κ3) is 3.90. The first-order valence-corrected chi connectivity index (χ1v) is 5.78. The van der Waals surface area contributed by atoms with Gasteiger partial charge in [-0.25, -0.2) is 0 Å². The van der Waals surface area contributed by atoms with Gasteiger partial charge in [-0.15, -0.1) is 9.59 Å². The van der Waals surface area contributed by atoms with E-state index < -0.39 is 0 Å². The van der Waals surface area contributed by atoms with Crippen molar-refractivity contribution in [2.45, 2.75) is 27.3 Å². The molecule has 0 saturated carbocycles. The molecule has 0 aliphatic carbocycles. The Bertz CT molecular complexity index is 363. The molecule has 0 spiro atoms. The summed E-state index contributed by atoms with van der Waals surface area (Å²) in [6.45, 7) is 8.81. The van der Waals surface area contributed by atoms with Crippen LogP contribution in [-0.2, 0) is 16.0 Å². The zero-order valence-electron chi connectivity index (χ0n) is 10.7. The number of nitroso groups, excluding NO2 is 1. The van der Waals surface area contributed by atoms with Crippen molar-refractivity contribution < 1.29 is 14.2 Å². The maximum absolute atomic E-state index is 10.6. The van der Waals surface area contributed by atoms with Crippen LogP contribution in [0.25, 0.3) is 0 Å². The highest BCUT2D eigenvalue weighted by molar-refractivity contribution is 5.42. The monoisotopic (exact) mass is 242 g/mol. The molecule has 0 atom stereocenters. The van der Waals surface area contributed by atoms with E-state index in [2.05, 4.69) is 10.3 Å². The van der Waals surface area contributed by atoms with E-state index in [1.54, 1.807) is 0 Å². The van der Waals surface area contributed by atoms with Crippen molar-refractivity contribution in [3.8, 4) is 0 Å². The summed E-state index contributed by atoms with van der Waals surface area (Å²) in [5.74, 6) is 0. The first-order chi connectivity index (χ1) is 8.20. The molecule has 17 heavy (non-hydrogen) atoms. The average Bonchev–Trinajstić information content (AvgIpc) is 2.58. The molecular weight excluding hydrogens is 222 g/mol. The number of ether oxygens (including phenoxy) is 2. The van der Waals surface area contributed by atoms with Crippen LogP contribution in [0.2, 0.25) is 0 Å².